The highest BCUT2D eigenvalue weighted by molar-refractivity contribution is 6.31. The van der Waals surface area contributed by atoms with E-state index in [1.165, 1.54) is 12.1 Å². The summed E-state index contributed by atoms with van der Waals surface area (Å²) in [6.07, 6.45) is -2.31. The van der Waals surface area contributed by atoms with E-state index < -0.39 is 24.3 Å². The van der Waals surface area contributed by atoms with Crippen molar-refractivity contribution in [3.63, 3.8) is 0 Å². The molecule has 0 bridgehead atoms. The normalized spacial score (nSPS) is 17.2. The molecular weight excluding hydrogens is 596 g/mol. The van der Waals surface area contributed by atoms with Gasteiger partial charge >= 0.3 is 6.18 Å². The highest BCUT2D eigenvalue weighted by Gasteiger charge is 2.29. The largest absolute Gasteiger partial charge is 0.390 e. The van der Waals surface area contributed by atoms with Gasteiger partial charge in [0.1, 0.15) is 5.82 Å². The number of nitrogens with one attached hydrogen (secondary N) is 1. The van der Waals surface area contributed by atoms with Crippen molar-refractivity contribution in [1.29, 1.82) is 0 Å². The molecule has 0 aliphatic carbocycles. The van der Waals surface area contributed by atoms with Crippen molar-refractivity contribution in [2.45, 2.75) is 25.6 Å². The Morgan fingerprint density at radius 1 is 0.864 bits per heavy atom. The molecule has 2 saturated heterocycles. The van der Waals surface area contributed by atoms with E-state index in [0.29, 0.717) is 49.1 Å². The Balaban J connectivity index is 1.13. The van der Waals surface area contributed by atoms with Crippen LogP contribution in [0.15, 0.2) is 60.8 Å². The molecular formula is C32H37ClF4N6O. The average molecular weight is 633 g/mol. The van der Waals surface area contributed by atoms with Crippen LogP contribution in [0, 0.1) is 5.82 Å². The standard InChI is InChI=1S/C32H37ClF4N6O/c33-25-5-7-29(30(22-25)43-19-17-41(18-20-43)12-9-32(35,36)37)39-31(44)27-6-4-24(21-28(27)34)23-42-15-13-40(14-16-42)11-8-26-3-1-2-10-38-26/h1-7,10,21-22H,8-9,11-20,23H2,(H,39,44). The van der Waals surface area contributed by atoms with Gasteiger partial charge in [-0.2, -0.15) is 13.2 Å². The summed E-state index contributed by atoms with van der Waals surface area (Å²) in [5.41, 5.74) is 2.94. The number of hydrogen-bond acceptors (Lipinski definition) is 6. The van der Waals surface area contributed by atoms with Gasteiger partial charge in [-0.15, -0.1) is 0 Å². The molecule has 0 saturated carbocycles. The minimum absolute atomic E-state index is 0.0470. The number of amides is 1. The molecule has 5 rings (SSSR count). The third-order valence-electron chi connectivity index (χ3n) is 8.19. The first-order valence-corrected chi connectivity index (χ1v) is 15.3. The first kappa shape index (κ1) is 32.2. The third kappa shape index (κ3) is 9.13. The Hall–Kier alpha value is -3.25. The van der Waals surface area contributed by atoms with Gasteiger partial charge in [-0.25, -0.2) is 4.39 Å². The Kier molecular flexibility index (Phi) is 10.7. The minimum Gasteiger partial charge on any atom is -0.367 e. The van der Waals surface area contributed by atoms with Gasteiger partial charge in [0, 0.05) is 95.3 Å². The molecule has 2 aliphatic heterocycles. The highest BCUT2D eigenvalue weighted by atomic mass is 35.5. The molecule has 1 N–H and O–H groups in total. The lowest BCUT2D eigenvalue weighted by Crippen LogP contribution is -2.47. The van der Waals surface area contributed by atoms with Gasteiger partial charge in [0.25, 0.3) is 5.91 Å². The second kappa shape index (κ2) is 14.7. The van der Waals surface area contributed by atoms with Gasteiger partial charge in [0.2, 0.25) is 0 Å². The summed E-state index contributed by atoms with van der Waals surface area (Å²) in [4.78, 5) is 26.0. The molecule has 1 amide bonds. The molecule has 236 valence electrons. The van der Waals surface area contributed by atoms with Crippen molar-refractivity contribution in [2.24, 2.45) is 0 Å². The summed E-state index contributed by atoms with van der Waals surface area (Å²) >= 11 is 6.25. The van der Waals surface area contributed by atoms with E-state index in [-0.39, 0.29) is 12.1 Å². The average Bonchev–Trinajstić information content (AvgIpc) is 3.01. The van der Waals surface area contributed by atoms with Gasteiger partial charge in [0.05, 0.1) is 23.4 Å². The summed E-state index contributed by atoms with van der Waals surface area (Å²) in [6.45, 7) is 6.98. The molecule has 44 heavy (non-hydrogen) atoms. The molecule has 3 heterocycles. The lowest BCUT2D eigenvalue weighted by atomic mass is 10.1. The second-order valence-corrected chi connectivity index (χ2v) is 11.7. The van der Waals surface area contributed by atoms with Crippen LogP contribution in [0.1, 0.15) is 28.0 Å². The lowest BCUT2D eigenvalue weighted by Gasteiger charge is -2.37. The van der Waals surface area contributed by atoms with Crippen LogP contribution >= 0.6 is 11.6 Å². The summed E-state index contributed by atoms with van der Waals surface area (Å²) in [6, 6.07) is 15.7. The Morgan fingerprint density at radius 2 is 1.57 bits per heavy atom. The predicted octanol–water partition coefficient (Wildman–Crippen LogP) is 5.56. The van der Waals surface area contributed by atoms with Crippen LogP contribution in [-0.2, 0) is 13.0 Å². The lowest BCUT2D eigenvalue weighted by molar-refractivity contribution is -0.138. The Bertz CT molecular complexity index is 1390. The molecule has 7 nitrogen and oxygen atoms in total. The number of rotatable bonds is 10. The van der Waals surface area contributed by atoms with E-state index in [1.54, 1.807) is 29.2 Å². The molecule has 12 heteroatoms. The zero-order valence-corrected chi connectivity index (χ0v) is 25.3. The number of carbonyl (C=O) groups excluding carboxylic acids is 1. The number of hydrogen-bond donors (Lipinski definition) is 1. The fourth-order valence-corrected chi connectivity index (χ4v) is 5.81. The van der Waals surface area contributed by atoms with Gasteiger partial charge in [-0.05, 0) is 48.0 Å². The van der Waals surface area contributed by atoms with E-state index in [9.17, 15) is 18.0 Å². The maximum absolute atomic E-state index is 15.2. The van der Waals surface area contributed by atoms with Crippen LogP contribution in [0.4, 0.5) is 28.9 Å². The van der Waals surface area contributed by atoms with Crippen molar-refractivity contribution < 1.29 is 22.4 Å². The van der Waals surface area contributed by atoms with Crippen LogP contribution in [0.5, 0.6) is 0 Å². The van der Waals surface area contributed by atoms with E-state index in [0.717, 1.165) is 50.4 Å². The van der Waals surface area contributed by atoms with E-state index in [1.807, 2.05) is 29.3 Å². The Labute approximate surface area is 260 Å². The molecule has 2 aromatic carbocycles. The number of piperazine rings is 2. The fourth-order valence-electron chi connectivity index (χ4n) is 5.65. The molecule has 2 aliphatic rings. The highest BCUT2D eigenvalue weighted by Crippen LogP contribution is 2.31. The van der Waals surface area contributed by atoms with Crippen LogP contribution in [-0.4, -0.2) is 97.2 Å². The summed E-state index contributed by atoms with van der Waals surface area (Å²) in [5, 5.41) is 3.28. The maximum atomic E-state index is 15.2. The summed E-state index contributed by atoms with van der Waals surface area (Å²) < 4.78 is 53.1. The maximum Gasteiger partial charge on any atom is 0.390 e. The molecule has 0 atom stereocenters. The SMILES string of the molecule is O=C(Nc1ccc(Cl)cc1N1CCN(CCC(F)(F)F)CC1)c1ccc(CN2CCN(CCc3ccccn3)CC2)cc1F. The zero-order valence-electron chi connectivity index (χ0n) is 24.5. The van der Waals surface area contributed by atoms with E-state index in [2.05, 4.69) is 20.1 Å². The second-order valence-electron chi connectivity index (χ2n) is 11.3. The van der Waals surface area contributed by atoms with Gasteiger partial charge in [0.15, 0.2) is 0 Å². The molecule has 1 aromatic heterocycles. The predicted molar refractivity (Wildman–Crippen MR) is 165 cm³/mol. The number of anilines is 2. The number of nitrogens with zero attached hydrogens (tertiary/aromatic N) is 5. The van der Waals surface area contributed by atoms with E-state index in [4.69, 9.17) is 11.6 Å². The number of alkyl halides is 3. The number of aromatic nitrogens is 1. The van der Waals surface area contributed by atoms with Crippen LogP contribution in [0.3, 0.4) is 0 Å². The molecule has 0 unspecified atom stereocenters. The van der Waals surface area contributed by atoms with Crippen molar-refractivity contribution in [2.75, 3.05) is 75.7 Å². The van der Waals surface area contributed by atoms with Crippen LogP contribution < -0.4 is 10.2 Å². The first-order chi connectivity index (χ1) is 21.1. The number of benzene rings is 2. The molecule has 0 spiro atoms. The topological polar surface area (TPSA) is 55.0 Å². The molecule has 2 fully saturated rings. The minimum atomic E-state index is -4.19. The van der Waals surface area contributed by atoms with Gasteiger partial charge in [-0.3, -0.25) is 19.6 Å². The summed E-state index contributed by atoms with van der Waals surface area (Å²) in [5.74, 6) is -1.18. The fraction of sp³-hybridized carbons (Fsp3) is 0.438. The van der Waals surface area contributed by atoms with Crippen molar-refractivity contribution in [3.8, 4) is 0 Å². The van der Waals surface area contributed by atoms with E-state index >= 15 is 4.39 Å². The zero-order chi connectivity index (χ0) is 31.1. The van der Waals surface area contributed by atoms with Crippen LogP contribution in [0.25, 0.3) is 0 Å². The monoisotopic (exact) mass is 632 g/mol. The molecule has 3 aromatic rings. The van der Waals surface area contributed by atoms with Gasteiger partial charge < -0.3 is 15.1 Å². The smallest absolute Gasteiger partial charge is 0.367 e. The third-order valence-corrected chi connectivity index (χ3v) is 8.43. The van der Waals surface area contributed by atoms with Gasteiger partial charge in [-0.1, -0.05) is 23.7 Å². The summed E-state index contributed by atoms with van der Waals surface area (Å²) in [7, 11) is 0. The number of carbonyl (C=O) groups is 1. The number of halogens is 5. The molecule has 0 radical (unpaired) electrons. The Morgan fingerprint density at radius 3 is 2.25 bits per heavy atom. The number of pyridine rings is 1. The van der Waals surface area contributed by atoms with Crippen molar-refractivity contribution >= 4 is 28.9 Å². The van der Waals surface area contributed by atoms with Crippen molar-refractivity contribution in [3.05, 3.63) is 88.5 Å². The first-order valence-electron chi connectivity index (χ1n) is 14.9. The van der Waals surface area contributed by atoms with Crippen LogP contribution in [0.2, 0.25) is 5.02 Å². The quantitative estimate of drug-likeness (QED) is 0.296. The van der Waals surface area contributed by atoms with Crippen molar-refractivity contribution in [1.82, 2.24) is 19.7 Å².